The van der Waals surface area contributed by atoms with Gasteiger partial charge in [-0.15, -0.1) is 0 Å². The number of nitrogens with one attached hydrogen (secondary N) is 1. The molecule has 1 fully saturated rings. The molecule has 1 rings (SSSR count). The van der Waals surface area contributed by atoms with Crippen molar-refractivity contribution in [2.24, 2.45) is 0 Å². The number of carbonyl (C=O) groups is 1. The van der Waals surface area contributed by atoms with Crippen LogP contribution in [-0.2, 0) is 14.3 Å². The largest absolute Gasteiger partial charge is 0.394 e. The minimum absolute atomic E-state index is 0.189. The smallest absolute Gasteiger partial charge is 0.220 e. The Morgan fingerprint density at radius 2 is 1.17 bits per heavy atom. The predicted molar refractivity (Wildman–Crippen MR) is 193 cm³/mol. The van der Waals surface area contributed by atoms with Crippen LogP contribution >= 0.6 is 0 Å². The van der Waals surface area contributed by atoms with E-state index in [1.165, 1.54) is 83.5 Å². The van der Waals surface area contributed by atoms with Gasteiger partial charge in [-0.3, -0.25) is 4.79 Å². The minimum atomic E-state index is -1.56. The fourth-order valence-electron chi connectivity index (χ4n) is 6.03. The Bertz CT molecular complexity index is 807. The van der Waals surface area contributed by atoms with Gasteiger partial charge in [-0.05, 0) is 44.9 Å². The molecule has 1 aliphatic heterocycles. The molecule has 0 aromatic carbocycles. The molecule has 7 unspecified atom stereocenters. The summed E-state index contributed by atoms with van der Waals surface area (Å²) in [4.78, 5) is 12.8. The first kappa shape index (κ1) is 44.7. The molecule has 0 radical (unpaired) electrons. The van der Waals surface area contributed by atoms with E-state index < -0.39 is 49.5 Å². The quantitative estimate of drug-likeness (QED) is 0.0346. The molecule has 1 aliphatic rings. The summed E-state index contributed by atoms with van der Waals surface area (Å²) in [5, 5.41) is 53.8. The number of hydrogen-bond acceptors (Lipinski definition) is 8. The molecule has 7 atom stereocenters. The number of rotatable bonds is 31. The summed E-state index contributed by atoms with van der Waals surface area (Å²) >= 11 is 0. The molecule has 0 aromatic rings. The van der Waals surface area contributed by atoms with Crippen LogP contribution in [0.15, 0.2) is 24.3 Å². The van der Waals surface area contributed by atoms with Crippen molar-refractivity contribution in [1.82, 2.24) is 5.32 Å². The van der Waals surface area contributed by atoms with Crippen LogP contribution in [0.25, 0.3) is 0 Å². The van der Waals surface area contributed by atoms with Crippen molar-refractivity contribution >= 4 is 5.91 Å². The Morgan fingerprint density at radius 1 is 0.688 bits per heavy atom. The summed E-state index contributed by atoms with van der Waals surface area (Å²) in [6.07, 6.45) is 26.4. The van der Waals surface area contributed by atoms with E-state index in [0.29, 0.717) is 6.42 Å². The molecule has 9 heteroatoms. The van der Waals surface area contributed by atoms with E-state index in [2.05, 4.69) is 31.3 Å². The number of aliphatic hydroxyl groups excluding tert-OH is 5. The first-order valence-corrected chi connectivity index (χ1v) is 19.6. The normalized spacial score (nSPS) is 22.9. The van der Waals surface area contributed by atoms with Gasteiger partial charge in [0.15, 0.2) is 6.29 Å². The van der Waals surface area contributed by atoms with Crippen molar-refractivity contribution in [2.45, 2.75) is 204 Å². The molecule has 1 amide bonds. The Kier molecular flexibility index (Phi) is 28.4. The number of carbonyl (C=O) groups excluding carboxylic acids is 1. The highest BCUT2D eigenvalue weighted by Gasteiger charge is 2.44. The predicted octanol–water partition coefficient (Wildman–Crippen LogP) is 6.77. The van der Waals surface area contributed by atoms with E-state index in [1.54, 1.807) is 6.08 Å². The third-order valence-electron chi connectivity index (χ3n) is 9.27. The Balaban J connectivity index is 2.46. The van der Waals surface area contributed by atoms with Gasteiger partial charge in [0, 0.05) is 6.42 Å². The molecule has 6 N–H and O–H groups in total. The second kappa shape index (κ2) is 30.5. The highest BCUT2D eigenvalue weighted by molar-refractivity contribution is 5.76. The van der Waals surface area contributed by atoms with Gasteiger partial charge >= 0.3 is 0 Å². The van der Waals surface area contributed by atoms with Crippen LogP contribution in [0.5, 0.6) is 0 Å². The lowest BCUT2D eigenvalue weighted by molar-refractivity contribution is -0.302. The van der Waals surface area contributed by atoms with E-state index >= 15 is 0 Å². The maximum Gasteiger partial charge on any atom is 0.220 e. The van der Waals surface area contributed by atoms with Crippen LogP contribution in [0.2, 0.25) is 0 Å². The average molecular weight is 684 g/mol. The van der Waals surface area contributed by atoms with E-state index in [1.807, 2.05) is 6.08 Å². The van der Waals surface area contributed by atoms with E-state index in [-0.39, 0.29) is 12.5 Å². The number of unbranched alkanes of at least 4 members (excludes halogenated alkanes) is 19. The first-order valence-electron chi connectivity index (χ1n) is 19.6. The Hall–Kier alpha value is -1.33. The standard InChI is InChI=1S/C39H73NO8/c1-3-5-7-9-11-13-15-16-17-19-21-23-25-27-29-35(43)40-32(31-47-39-38(46)37(45)36(44)34(30-41)48-39)33(42)28-26-24-22-20-18-14-12-10-8-6-4-2/h15-16,26,28,32-34,36-39,41-42,44-46H,3-14,17-25,27,29-31H2,1-2H3,(H,40,43)/b16-15-,28-26+. The number of ether oxygens (including phenoxy) is 2. The monoisotopic (exact) mass is 684 g/mol. The summed E-state index contributed by atoms with van der Waals surface area (Å²) < 4.78 is 11.1. The van der Waals surface area contributed by atoms with Crippen molar-refractivity contribution < 1.29 is 39.8 Å². The average Bonchev–Trinajstić information content (AvgIpc) is 3.08. The topological polar surface area (TPSA) is 149 Å². The molecule has 0 aliphatic carbocycles. The fourth-order valence-corrected chi connectivity index (χ4v) is 6.03. The summed E-state index contributed by atoms with van der Waals surface area (Å²) in [6.45, 7) is 3.72. The van der Waals surface area contributed by atoms with Crippen LogP contribution in [0.1, 0.15) is 162 Å². The van der Waals surface area contributed by atoms with Gasteiger partial charge < -0.3 is 40.3 Å². The van der Waals surface area contributed by atoms with Crippen molar-refractivity contribution in [1.29, 1.82) is 0 Å². The molecule has 282 valence electrons. The number of hydrogen-bond donors (Lipinski definition) is 6. The lowest BCUT2D eigenvalue weighted by Crippen LogP contribution is -2.60. The minimum Gasteiger partial charge on any atom is -0.394 e. The maximum atomic E-state index is 12.8. The van der Waals surface area contributed by atoms with Crippen LogP contribution in [0.3, 0.4) is 0 Å². The number of allylic oxidation sites excluding steroid dienone is 3. The molecule has 0 bridgehead atoms. The first-order chi connectivity index (χ1) is 23.3. The number of aliphatic hydroxyl groups is 5. The molecule has 1 saturated heterocycles. The zero-order chi connectivity index (χ0) is 35.2. The molecular formula is C39H73NO8. The van der Waals surface area contributed by atoms with Crippen LogP contribution in [0, 0.1) is 0 Å². The van der Waals surface area contributed by atoms with Crippen molar-refractivity contribution in [3.8, 4) is 0 Å². The third-order valence-corrected chi connectivity index (χ3v) is 9.27. The Labute approximate surface area is 292 Å². The van der Waals surface area contributed by atoms with Crippen molar-refractivity contribution in [3.05, 3.63) is 24.3 Å². The molecule has 1 heterocycles. The highest BCUT2D eigenvalue weighted by Crippen LogP contribution is 2.22. The number of amides is 1. The zero-order valence-corrected chi connectivity index (χ0v) is 30.5. The lowest BCUT2D eigenvalue weighted by Gasteiger charge is -2.40. The lowest BCUT2D eigenvalue weighted by atomic mass is 9.99. The molecule has 48 heavy (non-hydrogen) atoms. The summed E-state index contributed by atoms with van der Waals surface area (Å²) in [7, 11) is 0. The summed E-state index contributed by atoms with van der Waals surface area (Å²) in [5.41, 5.74) is 0. The molecule has 0 saturated carbocycles. The molecule has 0 spiro atoms. The van der Waals surface area contributed by atoms with Gasteiger partial charge in [-0.25, -0.2) is 0 Å². The highest BCUT2D eigenvalue weighted by atomic mass is 16.7. The van der Waals surface area contributed by atoms with Crippen LogP contribution in [-0.4, -0.2) is 87.5 Å². The van der Waals surface area contributed by atoms with Crippen molar-refractivity contribution in [3.63, 3.8) is 0 Å². The molecule has 0 aromatic heterocycles. The second-order valence-corrected chi connectivity index (χ2v) is 13.7. The fraction of sp³-hybridized carbons (Fsp3) is 0.872. The van der Waals surface area contributed by atoms with Crippen molar-refractivity contribution in [2.75, 3.05) is 13.2 Å². The molecular weight excluding hydrogens is 610 g/mol. The zero-order valence-electron chi connectivity index (χ0n) is 30.5. The van der Waals surface area contributed by atoms with Gasteiger partial charge in [0.25, 0.3) is 0 Å². The summed E-state index contributed by atoms with van der Waals surface area (Å²) in [6, 6.07) is -0.803. The SMILES string of the molecule is CCCCCCC/C=C\CCCCCCCC(=O)NC(COC1OC(CO)C(O)C(O)C1O)C(O)/C=C/CCCCCCCCCCC. The third kappa shape index (κ3) is 21.7. The van der Waals surface area contributed by atoms with E-state index in [0.717, 1.165) is 57.8 Å². The van der Waals surface area contributed by atoms with E-state index in [4.69, 9.17) is 9.47 Å². The maximum absolute atomic E-state index is 12.8. The Morgan fingerprint density at radius 3 is 1.69 bits per heavy atom. The van der Waals surface area contributed by atoms with E-state index in [9.17, 15) is 30.3 Å². The van der Waals surface area contributed by atoms with Gasteiger partial charge in [0.2, 0.25) is 5.91 Å². The summed E-state index contributed by atoms with van der Waals surface area (Å²) in [5.74, 6) is -0.189. The van der Waals surface area contributed by atoms with Gasteiger partial charge in [-0.1, -0.05) is 134 Å². The van der Waals surface area contributed by atoms with Crippen LogP contribution in [0.4, 0.5) is 0 Å². The second-order valence-electron chi connectivity index (χ2n) is 13.7. The molecule has 9 nitrogen and oxygen atoms in total. The van der Waals surface area contributed by atoms with Crippen LogP contribution < -0.4 is 5.32 Å². The van der Waals surface area contributed by atoms with Gasteiger partial charge in [-0.2, -0.15) is 0 Å². The van der Waals surface area contributed by atoms with Gasteiger partial charge in [0.05, 0.1) is 25.4 Å². The van der Waals surface area contributed by atoms with Gasteiger partial charge in [0.1, 0.15) is 24.4 Å².